The molecule has 1 amide bonds. The van der Waals surface area contributed by atoms with Gasteiger partial charge in [-0.1, -0.05) is 19.9 Å². The van der Waals surface area contributed by atoms with E-state index in [0.29, 0.717) is 5.52 Å². The summed E-state index contributed by atoms with van der Waals surface area (Å²) in [5.41, 5.74) is -0.581. The molecule has 182 valence electrons. The maximum Gasteiger partial charge on any atom is 0.433 e. The van der Waals surface area contributed by atoms with E-state index < -0.39 is 29.4 Å². The molecule has 1 aliphatic heterocycles. The van der Waals surface area contributed by atoms with E-state index in [4.69, 9.17) is 0 Å². The quantitative estimate of drug-likeness (QED) is 0.573. The first-order valence-corrected chi connectivity index (χ1v) is 10.9. The van der Waals surface area contributed by atoms with E-state index in [0.717, 1.165) is 49.8 Å². The predicted molar refractivity (Wildman–Crippen MR) is 120 cm³/mol. The summed E-state index contributed by atoms with van der Waals surface area (Å²) in [7, 11) is 2.05. The largest absolute Gasteiger partial charge is 0.478 e. The number of rotatable bonds is 4. The number of aromatic nitrogens is 3. The Hall–Kier alpha value is -3.47. The molecule has 4 rings (SSSR count). The van der Waals surface area contributed by atoms with Gasteiger partial charge < -0.3 is 15.3 Å². The van der Waals surface area contributed by atoms with E-state index in [2.05, 4.69) is 20.3 Å². The molecule has 34 heavy (non-hydrogen) atoms. The van der Waals surface area contributed by atoms with Gasteiger partial charge in [-0.3, -0.25) is 4.79 Å². The zero-order chi connectivity index (χ0) is 25.0. The summed E-state index contributed by atoms with van der Waals surface area (Å²) in [6.45, 7) is 5.87. The number of alkyl halides is 3. The monoisotopic (exact) mass is 477 g/mol. The first-order chi connectivity index (χ1) is 16.1. The zero-order valence-electron chi connectivity index (χ0n) is 19.1. The smallest absolute Gasteiger partial charge is 0.433 e. The van der Waals surface area contributed by atoms with Crippen LogP contribution in [0.4, 0.5) is 18.9 Å². The Morgan fingerprint density at radius 2 is 1.82 bits per heavy atom. The van der Waals surface area contributed by atoms with Crippen LogP contribution >= 0.6 is 0 Å². The van der Waals surface area contributed by atoms with Gasteiger partial charge in [-0.05, 0) is 57.2 Å². The van der Waals surface area contributed by atoms with E-state index in [-0.39, 0.29) is 17.2 Å². The number of nitrogens with zero attached hydrogens (tertiary/aromatic N) is 4. The molecule has 0 radical (unpaired) electrons. The van der Waals surface area contributed by atoms with E-state index in [1.165, 1.54) is 16.8 Å². The molecule has 11 heteroatoms. The van der Waals surface area contributed by atoms with Crippen molar-refractivity contribution in [2.75, 3.05) is 25.5 Å². The molecule has 0 aromatic carbocycles. The molecule has 3 aromatic heterocycles. The van der Waals surface area contributed by atoms with Crippen molar-refractivity contribution in [3.63, 3.8) is 0 Å². The summed E-state index contributed by atoms with van der Waals surface area (Å²) < 4.78 is 40.1. The predicted octanol–water partition coefficient (Wildman–Crippen LogP) is 4.53. The maximum absolute atomic E-state index is 12.9. The number of amides is 1. The van der Waals surface area contributed by atoms with Gasteiger partial charge in [0.1, 0.15) is 17.0 Å². The third-order valence-electron chi connectivity index (χ3n) is 5.50. The number of nitrogens with one attached hydrogen (secondary N) is 1. The minimum atomic E-state index is -4.71. The van der Waals surface area contributed by atoms with Crippen molar-refractivity contribution < 1.29 is 27.9 Å². The molecule has 1 saturated heterocycles. The highest BCUT2D eigenvalue weighted by Gasteiger charge is 2.33. The lowest BCUT2D eigenvalue weighted by molar-refractivity contribution is -0.141. The van der Waals surface area contributed by atoms with Crippen LogP contribution in [0.1, 0.15) is 64.8 Å². The van der Waals surface area contributed by atoms with Crippen LogP contribution in [0.5, 0.6) is 0 Å². The minimum absolute atomic E-state index is 0.0518. The number of halogens is 3. The number of carbonyl (C=O) groups excluding carboxylic acids is 1. The van der Waals surface area contributed by atoms with Gasteiger partial charge in [-0.15, -0.1) is 0 Å². The van der Waals surface area contributed by atoms with Gasteiger partial charge in [0.15, 0.2) is 0 Å². The number of carboxylic acid groups (broad SMARTS) is 1. The summed E-state index contributed by atoms with van der Waals surface area (Å²) in [6, 6.07) is 6.22. The fourth-order valence-electron chi connectivity index (χ4n) is 3.74. The second kappa shape index (κ2) is 10.2. The molecule has 0 aliphatic carbocycles. The normalized spacial score (nSPS) is 15.0. The molecule has 1 aliphatic rings. The van der Waals surface area contributed by atoms with Gasteiger partial charge in [-0.2, -0.15) is 18.3 Å². The second-order valence-electron chi connectivity index (χ2n) is 7.78. The first kappa shape index (κ1) is 25.2. The summed E-state index contributed by atoms with van der Waals surface area (Å²) in [5.74, 6) is -2.01. The third kappa shape index (κ3) is 5.53. The number of piperidine rings is 1. The molecular formula is C23H26F3N5O3. The van der Waals surface area contributed by atoms with Crippen molar-refractivity contribution in [3.05, 3.63) is 59.2 Å². The van der Waals surface area contributed by atoms with Crippen LogP contribution in [-0.2, 0) is 6.18 Å². The number of aromatic carboxylic acids is 1. The average Bonchev–Trinajstić information content (AvgIpc) is 3.22. The van der Waals surface area contributed by atoms with Crippen molar-refractivity contribution in [2.45, 2.75) is 38.8 Å². The molecular weight excluding hydrogens is 451 g/mol. The highest BCUT2D eigenvalue weighted by Crippen LogP contribution is 2.30. The second-order valence-corrected chi connectivity index (χ2v) is 7.78. The molecule has 0 atom stereocenters. The van der Waals surface area contributed by atoms with E-state index in [1.807, 2.05) is 27.0 Å². The van der Waals surface area contributed by atoms with Crippen molar-refractivity contribution in [3.8, 4) is 0 Å². The molecule has 4 heterocycles. The first-order valence-electron chi connectivity index (χ1n) is 10.9. The SMILES string of the molecule is CC.CN1CCC(c2cc3cc(NC(=O)c4cccc(C(F)(F)F)n4)c(C(=O)O)cn3n2)CC1. The van der Waals surface area contributed by atoms with E-state index in [9.17, 15) is 27.9 Å². The fraction of sp³-hybridized carbons (Fsp3) is 0.391. The topological polar surface area (TPSA) is 99.8 Å². The standard InChI is InChI=1S/C21H20F3N5O3.C2H6/c1-28-7-5-12(6-8-28)16-9-13-10-17(14(20(31)32)11-29(13)27-16)26-19(30)15-3-2-4-18(25-15)21(22,23)24;1-2/h2-4,9-12H,5-8H2,1H3,(H,26,30)(H,31,32);1-2H3. The van der Waals surface area contributed by atoms with Crippen LogP contribution in [0.2, 0.25) is 0 Å². The number of likely N-dealkylation sites (tertiary alicyclic amines) is 1. The number of pyridine rings is 2. The Bertz CT molecular complexity index is 1180. The number of fused-ring (bicyclic) bond motifs is 1. The Labute approximate surface area is 194 Å². The lowest BCUT2D eigenvalue weighted by atomic mass is 9.94. The summed E-state index contributed by atoms with van der Waals surface area (Å²) in [4.78, 5) is 29.8. The van der Waals surface area contributed by atoms with Gasteiger partial charge in [0.2, 0.25) is 0 Å². The average molecular weight is 477 g/mol. The molecule has 0 bridgehead atoms. The molecule has 2 N–H and O–H groups in total. The highest BCUT2D eigenvalue weighted by atomic mass is 19.4. The molecule has 3 aromatic rings. The van der Waals surface area contributed by atoms with Crippen molar-refractivity contribution in [1.82, 2.24) is 19.5 Å². The van der Waals surface area contributed by atoms with Crippen molar-refractivity contribution in [1.29, 1.82) is 0 Å². The van der Waals surface area contributed by atoms with Gasteiger partial charge >= 0.3 is 12.1 Å². The van der Waals surface area contributed by atoms with E-state index in [1.54, 1.807) is 0 Å². The Morgan fingerprint density at radius 1 is 1.15 bits per heavy atom. The van der Waals surface area contributed by atoms with Crippen LogP contribution in [0.15, 0.2) is 36.5 Å². The van der Waals surface area contributed by atoms with Gasteiger partial charge in [-0.25, -0.2) is 14.3 Å². The van der Waals surface area contributed by atoms with Crippen LogP contribution in [0, 0.1) is 0 Å². The molecule has 0 unspecified atom stereocenters. The third-order valence-corrected chi connectivity index (χ3v) is 5.50. The number of carbonyl (C=O) groups is 2. The van der Waals surface area contributed by atoms with Crippen LogP contribution in [0.3, 0.4) is 0 Å². The number of hydrogen-bond acceptors (Lipinski definition) is 5. The molecule has 1 fully saturated rings. The summed E-state index contributed by atoms with van der Waals surface area (Å²) in [5, 5.41) is 16.5. The summed E-state index contributed by atoms with van der Waals surface area (Å²) in [6.07, 6.45) is -1.57. The molecule has 0 spiro atoms. The fourth-order valence-corrected chi connectivity index (χ4v) is 3.74. The van der Waals surface area contributed by atoms with Gasteiger partial charge in [0.05, 0.1) is 16.9 Å². The number of carboxylic acids is 1. The molecule has 0 saturated carbocycles. The van der Waals surface area contributed by atoms with Crippen LogP contribution < -0.4 is 5.32 Å². The van der Waals surface area contributed by atoms with Crippen molar-refractivity contribution in [2.24, 2.45) is 0 Å². The number of hydrogen-bond donors (Lipinski definition) is 2. The van der Waals surface area contributed by atoms with Crippen LogP contribution in [0.25, 0.3) is 5.52 Å². The lowest BCUT2D eigenvalue weighted by Crippen LogP contribution is -2.29. The Morgan fingerprint density at radius 3 is 2.44 bits per heavy atom. The molecule has 8 nitrogen and oxygen atoms in total. The van der Waals surface area contributed by atoms with Crippen molar-refractivity contribution >= 4 is 23.1 Å². The van der Waals surface area contributed by atoms with E-state index >= 15 is 0 Å². The Balaban J connectivity index is 0.00000158. The Kier molecular flexibility index (Phi) is 7.55. The maximum atomic E-state index is 12.9. The minimum Gasteiger partial charge on any atom is -0.478 e. The zero-order valence-corrected chi connectivity index (χ0v) is 19.1. The number of anilines is 1. The highest BCUT2D eigenvalue weighted by molar-refractivity contribution is 6.07. The summed E-state index contributed by atoms with van der Waals surface area (Å²) >= 11 is 0. The van der Waals surface area contributed by atoms with Crippen LogP contribution in [-0.4, -0.2) is 56.6 Å². The van der Waals surface area contributed by atoms with Gasteiger partial charge in [0.25, 0.3) is 5.91 Å². The lowest BCUT2D eigenvalue weighted by Gasteiger charge is -2.27. The van der Waals surface area contributed by atoms with Gasteiger partial charge in [0, 0.05) is 12.1 Å².